The summed E-state index contributed by atoms with van der Waals surface area (Å²) in [6.45, 7) is 1.60. The Balaban J connectivity index is 2.08. The molecular weight excluding hydrogens is 188 g/mol. The molecule has 1 aliphatic heterocycles. The normalized spacial score (nSPS) is 21.1. The topological polar surface area (TPSA) is 21.3 Å². The van der Waals surface area contributed by atoms with Gasteiger partial charge in [-0.1, -0.05) is 0 Å². The van der Waals surface area contributed by atoms with Crippen molar-refractivity contribution in [3.05, 3.63) is 29.8 Å². The van der Waals surface area contributed by atoms with E-state index in [9.17, 15) is 8.78 Å². The minimum Gasteiger partial charge on any atom is -0.486 e. The van der Waals surface area contributed by atoms with E-state index in [0.29, 0.717) is 0 Å². The van der Waals surface area contributed by atoms with Crippen molar-refractivity contribution >= 4 is 0 Å². The Hall–Kier alpha value is -1.16. The van der Waals surface area contributed by atoms with Crippen LogP contribution in [0.4, 0.5) is 8.78 Å². The van der Waals surface area contributed by atoms with Crippen LogP contribution >= 0.6 is 0 Å². The Morgan fingerprint density at radius 2 is 2.21 bits per heavy atom. The van der Waals surface area contributed by atoms with Crippen molar-refractivity contribution in [3.63, 3.8) is 0 Å². The molecule has 0 radical (unpaired) electrons. The van der Waals surface area contributed by atoms with Crippen molar-refractivity contribution < 1.29 is 13.5 Å². The van der Waals surface area contributed by atoms with Gasteiger partial charge >= 0.3 is 0 Å². The standard InChI is InChI=1S/C10H11F2NO/c11-7-1-2-10(9(12)5-7)14-8-3-4-13-6-8/h1-2,5,8,13H,3-4,6H2/t8-/m0/s1. The van der Waals surface area contributed by atoms with Gasteiger partial charge in [0.25, 0.3) is 0 Å². The average Bonchev–Trinajstić information content (AvgIpc) is 2.62. The molecule has 2 rings (SSSR count). The molecule has 0 aromatic heterocycles. The lowest BCUT2D eigenvalue weighted by atomic mass is 10.3. The molecule has 0 aliphatic carbocycles. The van der Waals surface area contributed by atoms with E-state index in [1.807, 2.05) is 0 Å². The fraction of sp³-hybridized carbons (Fsp3) is 0.400. The fourth-order valence-corrected chi connectivity index (χ4v) is 1.48. The molecule has 0 unspecified atom stereocenters. The minimum atomic E-state index is -0.642. The first-order chi connectivity index (χ1) is 6.75. The van der Waals surface area contributed by atoms with Gasteiger partial charge in [0.15, 0.2) is 11.6 Å². The Morgan fingerprint density at radius 1 is 1.36 bits per heavy atom. The number of halogens is 2. The number of hydrogen-bond acceptors (Lipinski definition) is 2. The van der Waals surface area contributed by atoms with Gasteiger partial charge in [0.1, 0.15) is 11.9 Å². The second-order valence-electron chi connectivity index (χ2n) is 3.31. The van der Waals surface area contributed by atoms with Gasteiger partial charge in [-0.2, -0.15) is 0 Å². The van der Waals surface area contributed by atoms with Crippen LogP contribution in [0.25, 0.3) is 0 Å². The van der Waals surface area contributed by atoms with E-state index in [2.05, 4.69) is 5.32 Å². The first-order valence-corrected chi connectivity index (χ1v) is 4.58. The van der Waals surface area contributed by atoms with E-state index in [1.165, 1.54) is 12.1 Å². The summed E-state index contributed by atoms with van der Waals surface area (Å²) in [5.41, 5.74) is 0. The highest BCUT2D eigenvalue weighted by Gasteiger charge is 2.17. The molecule has 1 heterocycles. The molecule has 0 saturated carbocycles. The molecule has 0 bridgehead atoms. The van der Waals surface area contributed by atoms with Crippen LogP contribution in [-0.2, 0) is 0 Å². The maximum absolute atomic E-state index is 13.1. The van der Waals surface area contributed by atoms with Crippen molar-refractivity contribution in [3.8, 4) is 5.75 Å². The van der Waals surface area contributed by atoms with Gasteiger partial charge < -0.3 is 10.1 Å². The fourth-order valence-electron chi connectivity index (χ4n) is 1.48. The number of rotatable bonds is 2. The summed E-state index contributed by atoms with van der Waals surface area (Å²) < 4.78 is 31.0. The van der Waals surface area contributed by atoms with Crippen LogP contribution < -0.4 is 10.1 Å². The van der Waals surface area contributed by atoms with E-state index in [0.717, 1.165) is 25.6 Å². The summed E-state index contributed by atoms with van der Waals surface area (Å²) in [4.78, 5) is 0. The second-order valence-corrected chi connectivity index (χ2v) is 3.31. The molecule has 1 aliphatic rings. The quantitative estimate of drug-likeness (QED) is 0.782. The molecule has 1 atom stereocenters. The highest BCUT2D eigenvalue weighted by Crippen LogP contribution is 2.20. The molecule has 14 heavy (non-hydrogen) atoms. The van der Waals surface area contributed by atoms with Crippen LogP contribution in [-0.4, -0.2) is 19.2 Å². The number of ether oxygens (including phenoxy) is 1. The lowest BCUT2D eigenvalue weighted by Crippen LogP contribution is -2.20. The SMILES string of the molecule is Fc1ccc(O[C@H]2CCNC2)c(F)c1. The summed E-state index contributed by atoms with van der Waals surface area (Å²) in [6.07, 6.45) is 0.853. The predicted molar refractivity (Wildman–Crippen MR) is 48.3 cm³/mol. The molecule has 1 fully saturated rings. The summed E-state index contributed by atoms with van der Waals surface area (Å²) >= 11 is 0. The van der Waals surface area contributed by atoms with Crippen LogP contribution in [0.5, 0.6) is 5.75 Å². The lowest BCUT2D eigenvalue weighted by molar-refractivity contribution is 0.212. The third-order valence-corrected chi connectivity index (χ3v) is 2.20. The molecule has 2 nitrogen and oxygen atoms in total. The average molecular weight is 199 g/mol. The van der Waals surface area contributed by atoms with Gasteiger partial charge in [-0.15, -0.1) is 0 Å². The largest absolute Gasteiger partial charge is 0.486 e. The first-order valence-electron chi connectivity index (χ1n) is 4.58. The lowest BCUT2D eigenvalue weighted by Gasteiger charge is -2.12. The molecule has 0 amide bonds. The number of hydrogen-bond donors (Lipinski definition) is 1. The Morgan fingerprint density at radius 3 is 2.86 bits per heavy atom. The Kier molecular flexibility index (Phi) is 2.63. The smallest absolute Gasteiger partial charge is 0.167 e. The van der Waals surface area contributed by atoms with Gasteiger partial charge in [0.2, 0.25) is 0 Å². The summed E-state index contributed by atoms with van der Waals surface area (Å²) in [5, 5.41) is 3.10. The van der Waals surface area contributed by atoms with Gasteiger partial charge in [0.05, 0.1) is 0 Å². The van der Waals surface area contributed by atoms with Crippen molar-refractivity contribution in [2.45, 2.75) is 12.5 Å². The van der Waals surface area contributed by atoms with Crippen LogP contribution in [0.1, 0.15) is 6.42 Å². The maximum atomic E-state index is 13.1. The molecular formula is C10H11F2NO. The van der Waals surface area contributed by atoms with Crippen LogP contribution in [0, 0.1) is 11.6 Å². The second kappa shape index (κ2) is 3.92. The van der Waals surface area contributed by atoms with E-state index >= 15 is 0 Å². The summed E-state index contributed by atoms with van der Waals surface area (Å²) in [7, 11) is 0. The van der Waals surface area contributed by atoms with Crippen molar-refractivity contribution in [2.24, 2.45) is 0 Å². The van der Waals surface area contributed by atoms with Crippen molar-refractivity contribution in [1.29, 1.82) is 0 Å². The van der Waals surface area contributed by atoms with E-state index in [4.69, 9.17) is 4.74 Å². The highest BCUT2D eigenvalue weighted by molar-refractivity contribution is 5.25. The zero-order valence-electron chi connectivity index (χ0n) is 7.59. The van der Waals surface area contributed by atoms with E-state index in [1.54, 1.807) is 0 Å². The van der Waals surface area contributed by atoms with Crippen LogP contribution in [0.2, 0.25) is 0 Å². The van der Waals surface area contributed by atoms with Crippen LogP contribution in [0.15, 0.2) is 18.2 Å². The summed E-state index contributed by atoms with van der Waals surface area (Å²) in [5.74, 6) is -1.10. The molecule has 76 valence electrons. The minimum absolute atomic E-state index is 0.00467. The molecule has 4 heteroatoms. The molecule has 1 saturated heterocycles. The highest BCUT2D eigenvalue weighted by atomic mass is 19.1. The van der Waals surface area contributed by atoms with Gasteiger partial charge in [-0.3, -0.25) is 0 Å². The molecule has 0 spiro atoms. The number of nitrogens with one attached hydrogen (secondary N) is 1. The third-order valence-electron chi connectivity index (χ3n) is 2.20. The molecule has 1 N–H and O–H groups in total. The predicted octanol–water partition coefficient (Wildman–Crippen LogP) is 1.71. The first kappa shape index (κ1) is 9.40. The Bertz CT molecular complexity index is 324. The van der Waals surface area contributed by atoms with Gasteiger partial charge in [-0.25, -0.2) is 8.78 Å². The zero-order chi connectivity index (χ0) is 9.97. The monoisotopic (exact) mass is 199 g/mol. The van der Waals surface area contributed by atoms with E-state index in [-0.39, 0.29) is 11.9 Å². The molecule has 1 aromatic carbocycles. The van der Waals surface area contributed by atoms with E-state index < -0.39 is 11.6 Å². The van der Waals surface area contributed by atoms with Gasteiger partial charge in [0, 0.05) is 12.6 Å². The van der Waals surface area contributed by atoms with Crippen molar-refractivity contribution in [1.82, 2.24) is 5.32 Å². The molecule has 1 aromatic rings. The number of benzene rings is 1. The Labute approximate surface area is 80.9 Å². The maximum Gasteiger partial charge on any atom is 0.167 e. The zero-order valence-corrected chi connectivity index (χ0v) is 7.59. The third kappa shape index (κ3) is 2.01. The summed E-state index contributed by atoms with van der Waals surface area (Å²) in [6, 6.07) is 3.35. The van der Waals surface area contributed by atoms with Crippen molar-refractivity contribution in [2.75, 3.05) is 13.1 Å². The van der Waals surface area contributed by atoms with Crippen LogP contribution in [0.3, 0.4) is 0 Å². The van der Waals surface area contributed by atoms with Gasteiger partial charge in [-0.05, 0) is 25.1 Å².